The van der Waals surface area contributed by atoms with Gasteiger partial charge < -0.3 is 10.6 Å². The Hall–Kier alpha value is -2.89. The van der Waals surface area contributed by atoms with E-state index in [1.54, 1.807) is 18.2 Å². The van der Waals surface area contributed by atoms with E-state index in [0.717, 1.165) is 15.3 Å². The van der Waals surface area contributed by atoms with Crippen molar-refractivity contribution in [1.82, 2.24) is 5.32 Å². The molecule has 0 aliphatic rings. The molecule has 2 aromatic carbocycles. The highest BCUT2D eigenvalue weighted by atomic mass is 35.5. The Labute approximate surface area is 166 Å². The summed E-state index contributed by atoms with van der Waals surface area (Å²) in [4.78, 5) is 25.7. The Balaban J connectivity index is 1.52. The monoisotopic (exact) mass is 396 g/mol. The van der Waals surface area contributed by atoms with E-state index >= 15 is 0 Å². The van der Waals surface area contributed by atoms with Crippen LogP contribution in [0.1, 0.15) is 4.88 Å². The number of carbonyl (C=O) groups excluding carboxylic acids is 2. The minimum Gasteiger partial charge on any atom is -0.343 e. The molecule has 6 heteroatoms. The van der Waals surface area contributed by atoms with Crippen molar-refractivity contribution in [2.45, 2.75) is 0 Å². The van der Waals surface area contributed by atoms with Gasteiger partial charge in [-0.15, -0.1) is 11.3 Å². The predicted molar refractivity (Wildman–Crippen MR) is 112 cm³/mol. The zero-order chi connectivity index (χ0) is 19.1. The summed E-state index contributed by atoms with van der Waals surface area (Å²) in [7, 11) is 0. The van der Waals surface area contributed by atoms with Crippen LogP contribution in [-0.4, -0.2) is 18.4 Å². The van der Waals surface area contributed by atoms with Crippen LogP contribution in [0.2, 0.25) is 5.02 Å². The molecule has 3 aromatic rings. The van der Waals surface area contributed by atoms with Gasteiger partial charge in [0.15, 0.2) is 0 Å². The number of nitrogens with one attached hydrogen (secondary N) is 2. The van der Waals surface area contributed by atoms with Gasteiger partial charge in [-0.25, -0.2) is 0 Å². The summed E-state index contributed by atoms with van der Waals surface area (Å²) in [6, 6.07) is 20.6. The third-order valence-electron chi connectivity index (χ3n) is 3.65. The molecule has 0 aliphatic carbocycles. The summed E-state index contributed by atoms with van der Waals surface area (Å²) in [5.74, 6) is -0.606. The molecular weight excluding hydrogens is 380 g/mol. The second-order valence-electron chi connectivity index (χ2n) is 5.65. The fourth-order valence-electron chi connectivity index (χ4n) is 2.36. The first-order chi connectivity index (χ1) is 13.1. The predicted octanol–water partition coefficient (Wildman–Crippen LogP) is 4.84. The number of thiophene rings is 1. The molecule has 0 aliphatic heterocycles. The summed E-state index contributed by atoms with van der Waals surface area (Å²) >= 11 is 7.75. The molecule has 0 atom stereocenters. The topological polar surface area (TPSA) is 58.2 Å². The van der Waals surface area contributed by atoms with E-state index < -0.39 is 0 Å². The van der Waals surface area contributed by atoms with Gasteiger partial charge >= 0.3 is 0 Å². The molecule has 136 valence electrons. The van der Waals surface area contributed by atoms with Gasteiger partial charge in [0.25, 0.3) is 0 Å². The van der Waals surface area contributed by atoms with E-state index in [1.165, 1.54) is 17.4 Å². The highest BCUT2D eigenvalue weighted by Gasteiger charge is 2.06. The Kier molecular flexibility index (Phi) is 6.41. The summed E-state index contributed by atoms with van der Waals surface area (Å²) in [5, 5.41) is 5.97. The Morgan fingerprint density at radius 2 is 1.70 bits per heavy atom. The van der Waals surface area contributed by atoms with E-state index in [9.17, 15) is 9.59 Å². The van der Waals surface area contributed by atoms with Gasteiger partial charge in [0.05, 0.1) is 6.54 Å². The average molecular weight is 397 g/mol. The molecule has 3 rings (SSSR count). The number of rotatable bonds is 6. The Morgan fingerprint density at radius 1 is 0.963 bits per heavy atom. The number of carbonyl (C=O) groups is 2. The molecule has 0 unspecified atom stereocenters. The standard InChI is InChI=1S/C21H17ClN2O2S/c22-18-9-5-4-8-17(18)19-12-10-16(27-19)11-13-20(25)23-14-21(26)24-15-6-2-1-3-7-15/h1-13H,14H2,(H,23,25)(H,24,26). The van der Waals surface area contributed by atoms with Gasteiger partial charge in [-0.2, -0.15) is 0 Å². The second-order valence-corrected chi connectivity index (χ2v) is 7.17. The molecule has 4 nitrogen and oxygen atoms in total. The van der Waals surface area contributed by atoms with Gasteiger partial charge in [-0.05, 0) is 36.4 Å². The molecule has 2 N–H and O–H groups in total. The number of para-hydroxylation sites is 1. The van der Waals surface area contributed by atoms with Crippen LogP contribution in [0.25, 0.3) is 16.5 Å². The number of halogens is 1. The molecule has 0 fully saturated rings. The number of hydrogen-bond acceptors (Lipinski definition) is 3. The van der Waals surface area contributed by atoms with Gasteiger partial charge in [0, 0.05) is 32.1 Å². The van der Waals surface area contributed by atoms with Crippen LogP contribution < -0.4 is 10.6 Å². The van der Waals surface area contributed by atoms with Gasteiger partial charge in [0.1, 0.15) is 0 Å². The molecule has 27 heavy (non-hydrogen) atoms. The van der Waals surface area contributed by atoms with Crippen LogP contribution >= 0.6 is 22.9 Å². The fourth-order valence-corrected chi connectivity index (χ4v) is 3.60. The number of hydrogen-bond donors (Lipinski definition) is 2. The second kappa shape index (κ2) is 9.16. The lowest BCUT2D eigenvalue weighted by atomic mass is 10.2. The maximum atomic E-state index is 11.9. The summed E-state index contributed by atoms with van der Waals surface area (Å²) < 4.78 is 0. The lowest BCUT2D eigenvalue weighted by molar-refractivity contribution is -0.121. The number of anilines is 1. The number of amides is 2. The first-order valence-electron chi connectivity index (χ1n) is 8.27. The molecule has 0 radical (unpaired) electrons. The van der Waals surface area contributed by atoms with Crippen LogP contribution in [0.3, 0.4) is 0 Å². The van der Waals surface area contributed by atoms with Crippen molar-refractivity contribution in [3.8, 4) is 10.4 Å². The fraction of sp³-hybridized carbons (Fsp3) is 0.0476. The maximum Gasteiger partial charge on any atom is 0.244 e. The Morgan fingerprint density at radius 3 is 2.48 bits per heavy atom. The van der Waals surface area contributed by atoms with E-state index in [1.807, 2.05) is 54.6 Å². The van der Waals surface area contributed by atoms with Gasteiger partial charge in [0.2, 0.25) is 11.8 Å². The van der Waals surface area contributed by atoms with Crippen LogP contribution in [0.15, 0.2) is 72.8 Å². The number of benzene rings is 2. The molecule has 1 aromatic heterocycles. The zero-order valence-electron chi connectivity index (χ0n) is 14.3. The highest BCUT2D eigenvalue weighted by Crippen LogP contribution is 2.33. The van der Waals surface area contributed by atoms with Crippen LogP contribution in [-0.2, 0) is 9.59 Å². The van der Waals surface area contributed by atoms with E-state index in [0.29, 0.717) is 10.7 Å². The van der Waals surface area contributed by atoms with Crippen molar-refractivity contribution in [3.05, 3.63) is 82.7 Å². The quantitative estimate of drug-likeness (QED) is 0.586. The van der Waals surface area contributed by atoms with Crippen molar-refractivity contribution in [2.24, 2.45) is 0 Å². The minimum atomic E-state index is -0.328. The molecule has 1 heterocycles. The molecule has 2 amide bonds. The Bertz CT molecular complexity index is 967. The normalized spacial score (nSPS) is 10.7. The van der Waals surface area contributed by atoms with Crippen LogP contribution in [0.5, 0.6) is 0 Å². The molecule has 0 saturated heterocycles. The lowest BCUT2D eigenvalue weighted by Crippen LogP contribution is -2.31. The molecule has 0 spiro atoms. The molecular formula is C21H17ClN2O2S. The van der Waals surface area contributed by atoms with Gasteiger partial charge in [-0.1, -0.05) is 48.0 Å². The van der Waals surface area contributed by atoms with Crippen LogP contribution in [0, 0.1) is 0 Å². The highest BCUT2D eigenvalue weighted by molar-refractivity contribution is 7.16. The van der Waals surface area contributed by atoms with E-state index in [4.69, 9.17) is 11.6 Å². The minimum absolute atomic E-state index is 0.0899. The smallest absolute Gasteiger partial charge is 0.244 e. The van der Waals surface area contributed by atoms with E-state index in [2.05, 4.69) is 10.6 Å². The largest absolute Gasteiger partial charge is 0.343 e. The molecule has 0 bridgehead atoms. The summed E-state index contributed by atoms with van der Waals surface area (Å²) in [6.45, 7) is -0.0899. The summed E-state index contributed by atoms with van der Waals surface area (Å²) in [5.41, 5.74) is 1.66. The third-order valence-corrected chi connectivity index (χ3v) is 5.06. The van der Waals surface area contributed by atoms with E-state index in [-0.39, 0.29) is 18.4 Å². The lowest BCUT2D eigenvalue weighted by Gasteiger charge is -2.05. The maximum absolute atomic E-state index is 11.9. The zero-order valence-corrected chi connectivity index (χ0v) is 15.9. The van der Waals surface area contributed by atoms with Crippen LogP contribution in [0.4, 0.5) is 5.69 Å². The first-order valence-corrected chi connectivity index (χ1v) is 9.47. The van der Waals surface area contributed by atoms with Crippen molar-refractivity contribution in [1.29, 1.82) is 0 Å². The van der Waals surface area contributed by atoms with Crippen molar-refractivity contribution >= 4 is 46.5 Å². The van der Waals surface area contributed by atoms with Gasteiger partial charge in [-0.3, -0.25) is 9.59 Å². The van der Waals surface area contributed by atoms with Crippen molar-refractivity contribution in [2.75, 3.05) is 11.9 Å². The van der Waals surface area contributed by atoms with Crippen molar-refractivity contribution < 1.29 is 9.59 Å². The summed E-state index contributed by atoms with van der Waals surface area (Å²) in [6.07, 6.45) is 3.13. The average Bonchev–Trinajstić information content (AvgIpc) is 3.15. The first kappa shape index (κ1) is 18.9. The van der Waals surface area contributed by atoms with Crippen molar-refractivity contribution in [3.63, 3.8) is 0 Å². The third kappa shape index (κ3) is 5.54. The SMILES string of the molecule is O=C(C=Cc1ccc(-c2ccccc2Cl)s1)NCC(=O)Nc1ccccc1. The molecule has 0 saturated carbocycles.